The largest absolute Gasteiger partial charge is 0.370 e. The molecule has 0 spiro atoms. The van der Waals surface area contributed by atoms with E-state index in [1.807, 2.05) is 17.1 Å². The fourth-order valence-electron chi connectivity index (χ4n) is 3.50. The van der Waals surface area contributed by atoms with Crippen molar-refractivity contribution in [3.63, 3.8) is 0 Å². The first-order chi connectivity index (χ1) is 14.3. The molecular weight excluding hydrogens is 380 g/mol. The average molecular weight is 417 g/mol. The smallest absolute Gasteiger partial charge is 0.222 e. The standard InChI is InChI=1S/C22H36N6O2/c1-21(11-7-15-24-26-21)13-17-28(18-14-22(2)12-8-16-25-27-22)20(30)10-6-4-3-5-9-19(23)29/h7-8,11-12,15-16,26-27H,3-6,9-10,13-14,17-18H2,1-2H3,(H2,23,29). The van der Waals surface area contributed by atoms with E-state index in [0.717, 1.165) is 38.5 Å². The van der Waals surface area contributed by atoms with Crippen molar-refractivity contribution >= 4 is 24.2 Å². The van der Waals surface area contributed by atoms with Crippen LogP contribution in [0.1, 0.15) is 65.2 Å². The van der Waals surface area contributed by atoms with Crippen LogP contribution in [-0.4, -0.2) is 53.3 Å². The maximum Gasteiger partial charge on any atom is 0.222 e. The molecule has 2 rings (SSSR count). The Morgan fingerprint density at radius 1 is 0.867 bits per heavy atom. The van der Waals surface area contributed by atoms with Gasteiger partial charge >= 0.3 is 0 Å². The molecule has 30 heavy (non-hydrogen) atoms. The number of hydrazone groups is 2. The normalized spacial score (nSPS) is 24.3. The predicted octanol–water partition coefficient (Wildman–Crippen LogP) is 2.23. The van der Waals surface area contributed by atoms with Gasteiger partial charge < -0.3 is 21.5 Å². The summed E-state index contributed by atoms with van der Waals surface area (Å²) >= 11 is 0. The lowest BCUT2D eigenvalue weighted by Crippen LogP contribution is -2.46. The molecule has 0 saturated carbocycles. The number of hydrogen-bond acceptors (Lipinski definition) is 6. The number of nitrogens with zero attached hydrogens (tertiary/aromatic N) is 3. The summed E-state index contributed by atoms with van der Waals surface area (Å²) in [5.41, 5.74) is 11.0. The molecular formula is C22H36N6O2. The first-order valence-electron chi connectivity index (χ1n) is 10.8. The van der Waals surface area contributed by atoms with Crippen LogP contribution < -0.4 is 16.6 Å². The van der Waals surface area contributed by atoms with Crippen molar-refractivity contribution in [1.82, 2.24) is 15.8 Å². The van der Waals surface area contributed by atoms with Crippen molar-refractivity contribution in [2.75, 3.05) is 13.1 Å². The number of nitrogens with two attached hydrogens (primary N) is 1. The van der Waals surface area contributed by atoms with Gasteiger partial charge in [-0.1, -0.05) is 25.0 Å². The van der Waals surface area contributed by atoms with Gasteiger partial charge in [0, 0.05) is 38.4 Å². The highest BCUT2D eigenvalue weighted by molar-refractivity contribution is 5.76. The zero-order chi connectivity index (χ0) is 21.9. The lowest BCUT2D eigenvalue weighted by Gasteiger charge is -2.34. The van der Waals surface area contributed by atoms with Crippen LogP contribution in [0.5, 0.6) is 0 Å². The van der Waals surface area contributed by atoms with Gasteiger partial charge in [0.15, 0.2) is 0 Å². The second-order valence-corrected chi connectivity index (χ2v) is 8.59. The minimum absolute atomic E-state index is 0.170. The topological polar surface area (TPSA) is 112 Å². The molecule has 2 atom stereocenters. The van der Waals surface area contributed by atoms with Crippen LogP contribution in [0.4, 0.5) is 0 Å². The average Bonchev–Trinajstić information content (AvgIpc) is 2.71. The van der Waals surface area contributed by atoms with Crippen molar-refractivity contribution in [2.24, 2.45) is 15.9 Å². The van der Waals surface area contributed by atoms with Gasteiger partial charge in [0.2, 0.25) is 11.8 Å². The fourth-order valence-corrected chi connectivity index (χ4v) is 3.50. The van der Waals surface area contributed by atoms with E-state index in [9.17, 15) is 9.59 Å². The minimum Gasteiger partial charge on any atom is -0.370 e. The molecule has 2 aliphatic rings. The Labute approximate surface area is 179 Å². The van der Waals surface area contributed by atoms with E-state index < -0.39 is 0 Å². The number of hydrogen-bond donors (Lipinski definition) is 3. The SMILES string of the molecule is CC1(CCN(CCC2(C)C=CC=NN2)C(=O)CCCCCCC(N)=O)C=CC=NN1. The summed E-state index contributed by atoms with van der Waals surface area (Å²) in [4.78, 5) is 25.7. The zero-order valence-electron chi connectivity index (χ0n) is 18.3. The third-order valence-corrected chi connectivity index (χ3v) is 5.61. The quantitative estimate of drug-likeness (QED) is 0.400. The van der Waals surface area contributed by atoms with Gasteiger partial charge in [-0.05, 0) is 51.7 Å². The van der Waals surface area contributed by atoms with E-state index in [1.165, 1.54) is 0 Å². The Kier molecular flexibility index (Phi) is 9.08. The van der Waals surface area contributed by atoms with Crippen LogP contribution in [0.25, 0.3) is 0 Å². The molecule has 2 unspecified atom stereocenters. The van der Waals surface area contributed by atoms with Crippen LogP contribution in [0.3, 0.4) is 0 Å². The molecule has 166 valence electrons. The van der Waals surface area contributed by atoms with E-state index in [0.29, 0.717) is 25.9 Å². The maximum absolute atomic E-state index is 13.0. The van der Waals surface area contributed by atoms with Gasteiger partial charge in [-0.2, -0.15) is 10.2 Å². The van der Waals surface area contributed by atoms with Crippen molar-refractivity contribution in [2.45, 2.75) is 76.3 Å². The molecule has 8 heteroatoms. The van der Waals surface area contributed by atoms with Gasteiger partial charge in [0.05, 0.1) is 11.1 Å². The van der Waals surface area contributed by atoms with Crippen LogP contribution in [0.15, 0.2) is 34.5 Å². The second-order valence-electron chi connectivity index (χ2n) is 8.59. The molecule has 0 aromatic heterocycles. The minimum atomic E-state index is -0.261. The molecule has 0 fully saturated rings. The Hall–Kier alpha value is -2.64. The molecule has 8 nitrogen and oxygen atoms in total. The summed E-state index contributed by atoms with van der Waals surface area (Å²) in [5.74, 6) is -0.0904. The first-order valence-corrected chi connectivity index (χ1v) is 10.8. The number of carbonyl (C=O) groups is 2. The van der Waals surface area contributed by atoms with E-state index in [2.05, 4.69) is 47.1 Å². The highest BCUT2D eigenvalue weighted by Gasteiger charge is 2.27. The lowest BCUT2D eigenvalue weighted by atomic mass is 9.95. The van der Waals surface area contributed by atoms with Crippen molar-refractivity contribution < 1.29 is 9.59 Å². The summed E-state index contributed by atoms with van der Waals surface area (Å²) in [7, 11) is 0. The van der Waals surface area contributed by atoms with Crippen molar-refractivity contribution in [3.8, 4) is 0 Å². The number of nitrogens with one attached hydrogen (secondary N) is 2. The fraction of sp³-hybridized carbons (Fsp3) is 0.636. The number of unbranched alkanes of at least 4 members (excludes halogenated alkanes) is 3. The zero-order valence-corrected chi connectivity index (χ0v) is 18.3. The highest BCUT2D eigenvalue weighted by Crippen LogP contribution is 2.19. The van der Waals surface area contributed by atoms with Gasteiger partial charge in [-0.3, -0.25) is 9.59 Å². The van der Waals surface area contributed by atoms with Gasteiger partial charge in [-0.15, -0.1) is 0 Å². The molecule has 2 aliphatic heterocycles. The lowest BCUT2D eigenvalue weighted by molar-refractivity contribution is -0.131. The van der Waals surface area contributed by atoms with Gasteiger partial charge in [0.25, 0.3) is 0 Å². The van der Waals surface area contributed by atoms with Crippen LogP contribution in [0, 0.1) is 0 Å². The molecule has 0 aliphatic carbocycles. The molecule has 0 aromatic rings. The summed E-state index contributed by atoms with van der Waals surface area (Å²) < 4.78 is 0. The van der Waals surface area contributed by atoms with Crippen LogP contribution in [0.2, 0.25) is 0 Å². The number of amides is 2. The Morgan fingerprint density at radius 2 is 1.37 bits per heavy atom. The summed E-state index contributed by atoms with van der Waals surface area (Å²) in [5, 5.41) is 8.28. The van der Waals surface area contributed by atoms with Crippen molar-refractivity contribution in [1.29, 1.82) is 0 Å². The third kappa shape index (κ3) is 8.39. The Morgan fingerprint density at radius 3 is 1.80 bits per heavy atom. The van der Waals surface area contributed by atoms with Gasteiger partial charge in [-0.25, -0.2) is 0 Å². The van der Waals surface area contributed by atoms with Crippen LogP contribution >= 0.6 is 0 Å². The van der Waals surface area contributed by atoms with Gasteiger partial charge in [0.1, 0.15) is 0 Å². The molecule has 0 aromatic carbocycles. The summed E-state index contributed by atoms with van der Waals surface area (Å²) in [6.45, 7) is 5.49. The number of allylic oxidation sites excluding steroid dienone is 2. The van der Waals surface area contributed by atoms with Crippen LogP contribution in [-0.2, 0) is 9.59 Å². The van der Waals surface area contributed by atoms with E-state index in [1.54, 1.807) is 12.4 Å². The molecule has 0 radical (unpaired) electrons. The number of primary amides is 1. The first kappa shape index (κ1) is 23.6. The summed E-state index contributed by atoms with van der Waals surface area (Å²) in [6, 6.07) is 0. The van der Waals surface area contributed by atoms with E-state index in [-0.39, 0.29) is 22.9 Å². The molecule has 4 N–H and O–H groups in total. The maximum atomic E-state index is 13.0. The Bertz CT molecular complexity index is 662. The monoisotopic (exact) mass is 416 g/mol. The molecule has 0 bridgehead atoms. The third-order valence-electron chi connectivity index (χ3n) is 5.61. The second kappa shape index (κ2) is 11.5. The number of carbonyl (C=O) groups excluding carboxylic acids is 2. The predicted molar refractivity (Wildman–Crippen MR) is 121 cm³/mol. The van der Waals surface area contributed by atoms with Crippen molar-refractivity contribution in [3.05, 3.63) is 24.3 Å². The number of rotatable bonds is 13. The molecule has 2 heterocycles. The van der Waals surface area contributed by atoms with E-state index in [4.69, 9.17) is 5.73 Å². The molecule has 0 saturated heterocycles. The summed E-state index contributed by atoms with van der Waals surface area (Å²) in [6.07, 6.45) is 17.5. The van der Waals surface area contributed by atoms with E-state index >= 15 is 0 Å². The molecule has 2 amide bonds. The Balaban J connectivity index is 1.85. The highest BCUT2D eigenvalue weighted by atomic mass is 16.2.